The van der Waals surface area contributed by atoms with Gasteiger partial charge in [-0.2, -0.15) is 0 Å². The SMILES string of the molecule is CC(Oc1cccc(I)c1)C(=O)c1ccccc1. The fourth-order valence-electron chi connectivity index (χ4n) is 1.64. The molecule has 2 nitrogen and oxygen atoms in total. The molecule has 0 spiro atoms. The zero-order valence-electron chi connectivity index (χ0n) is 9.97. The second kappa shape index (κ2) is 6.00. The van der Waals surface area contributed by atoms with Crippen molar-refractivity contribution in [2.45, 2.75) is 13.0 Å². The molecule has 0 aliphatic heterocycles. The predicted octanol–water partition coefficient (Wildman–Crippen LogP) is 3.94. The molecule has 1 atom stereocenters. The van der Waals surface area contributed by atoms with Crippen LogP contribution in [0.3, 0.4) is 0 Å². The molecule has 0 heterocycles. The third-order valence-electron chi connectivity index (χ3n) is 2.54. The van der Waals surface area contributed by atoms with Gasteiger partial charge in [0.25, 0.3) is 0 Å². The van der Waals surface area contributed by atoms with Crippen LogP contribution >= 0.6 is 22.6 Å². The van der Waals surface area contributed by atoms with Gasteiger partial charge < -0.3 is 4.74 Å². The van der Waals surface area contributed by atoms with Crippen molar-refractivity contribution in [3.8, 4) is 5.75 Å². The normalized spacial score (nSPS) is 11.9. The van der Waals surface area contributed by atoms with Gasteiger partial charge in [-0.1, -0.05) is 36.4 Å². The van der Waals surface area contributed by atoms with Crippen molar-refractivity contribution in [2.24, 2.45) is 0 Å². The Morgan fingerprint density at radius 1 is 1.11 bits per heavy atom. The van der Waals surface area contributed by atoms with Crippen molar-refractivity contribution in [3.05, 3.63) is 63.7 Å². The summed E-state index contributed by atoms with van der Waals surface area (Å²) in [5.74, 6) is 0.716. The van der Waals surface area contributed by atoms with Gasteiger partial charge in [0.1, 0.15) is 5.75 Å². The van der Waals surface area contributed by atoms with E-state index in [1.54, 1.807) is 19.1 Å². The van der Waals surface area contributed by atoms with Crippen LogP contribution in [0.15, 0.2) is 54.6 Å². The molecule has 0 aliphatic rings. The lowest BCUT2D eigenvalue weighted by molar-refractivity contribution is 0.0818. The molecule has 18 heavy (non-hydrogen) atoms. The fraction of sp³-hybridized carbons (Fsp3) is 0.133. The minimum atomic E-state index is -0.481. The van der Waals surface area contributed by atoms with Gasteiger partial charge in [0, 0.05) is 9.13 Å². The van der Waals surface area contributed by atoms with Crippen LogP contribution in [0.4, 0.5) is 0 Å². The number of hydrogen-bond donors (Lipinski definition) is 0. The van der Waals surface area contributed by atoms with Crippen LogP contribution < -0.4 is 4.74 Å². The Morgan fingerprint density at radius 3 is 2.50 bits per heavy atom. The van der Waals surface area contributed by atoms with Crippen molar-refractivity contribution in [3.63, 3.8) is 0 Å². The van der Waals surface area contributed by atoms with Crippen LogP contribution in [0.5, 0.6) is 5.75 Å². The van der Waals surface area contributed by atoms with Crippen LogP contribution in [-0.4, -0.2) is 11.9 Å². The Morgan fingerprint density at radius 2 is 1.83 bits per heavy atom. The van der Waals surface area contributed by atoms with Crippen LogP contribution in [0, 0.1) is 3.57 Å². The Hall–Kier alpha value is -1.36. The van der Waals surface area contributed by atoms with Gasteiger partial charge in [0.05, 0.1) is 0 Å². The van der Waals surface area contributed by atoms with Gasteiger partial charge in [-0.05, 0) is 47.7 Å². The molecule has 3 heteroatoms. The van der Waals surface area contributed by atoms with Gasteiger partial charge in [-0.15, -0.1) is 0 Å². The molecule has 0 saturated carbocycles. The Bertz CT molecular complexity index is 537. The van der Waals surface area contributed by atoms with Crippen LogP contribution in [-0.2, 0) is 0 Å². The zero-order chi connectivity index (χ0) is 13.0. The van der Waals surface area contributed by atoms with E-state index in [0.717, 1.165) is 9.32 Å². The van der Waals surface area contributed by atoms with Crippen molar-refractivity contribution < 1.29 is 9.53 Å². The maximum atomic E-state index is 12.1. The fourth-order valence-corrected chi connectivity index (χ4v) is 2.15. The van der Waals surface area contributed by atoms with Crippen molar-refractivity contribution in [1.29, 1.82) is 0 Å². The largest absolute Gasteiger partial charge is 0.483 e. The molecule has 0 aromatic heterocycles. The number of carbonyl (C=O) groups excluding carboxylic acids is 1. The minimum absolute atomic E-state index is 0.00513. The second-order valence-electron chi connectivity index (χ2n) is 3.95. The number of benzene rings is 2. The lowest BCUT2D eigenvalue weighted by Crippen LogP contribution is -2.23. The molecule has 92 valence electrons. The summed E-state index contributed by atoms with van der Waals surface area (Å²) in [6.07, 6.45) is -0.481. The summed E-state index contributed by atoms with van der Waals surface area (Å²) in [7, 11) is 0. The minimum Gasteiger partial charge on any atom is -0.483 e. The number of rotatable bonds is 4. The van der Waals surface area contributed by atoms with Gasteiger partial charge in [-0.25, -0.2) is 0 Å². The third-order valence-corrected chi connectivity index (χ3v) is 3.21. The predicted molar refractivity (Wildman–Crippen MR) is 80.0 cm³/mol. The van der Waals surface area contributed by atoms with E-state index in [2.05, 4.69) is 22.6 Å². The number of hydrogen-bond acceptors (Lipinski definition) is 2. The molecule has 2 aromatic carbocycles. The number of halogens is 1. The van der Waals surface area contributed by atoms with Gasteiger partial charge in [-0.3, -0.25) is 4.79 Å². The van der Waals surface area contributed by atoms with Gasteiger partial charge in [0.2, 0.25) is 5.78 Å². The molecule has 2 rings (SSSR count). The smallest absolute Gasteiger partial charge is 0.202 e. The van der Waals surface area contributed by atoms with E-state index >= 15 is 0 Å². The lowest BCUT2D eigenvalue weighted by Gasteiger charge is -2.13. The Labute approximate surface area is 120 Å². The summed E-state index contributed by atoms with van der Waals surface area (Å²) in [5, 5.41) is 0. The molecule has 2 aromatic rings. The van der Waals surface area contributed by atoms with E-state index in [1.165, 1.54) is 0 Å². The first-order chi connectivity index (χ1) is 8.66. The molecule has 0 fully saturated rings. The monoisotopic (exact) mass is 352 g/mol. The van der Waals surface area contributed by atoms with E-state index in [1.807, 2.05) is 42.5 Å². The first-order valence-corrected chi connectivity index (χ1v) is 6.76. The molecule has 0 N–H and O–H groups in total. The van der Waals surface area contributed by atoms with Crippen LogP contribution in [0.1, 0.15) is 17.3 Å². The standard InChI is InChI=1S/C15H13IO2/c1-11(15(17)12-6-3-2-4-7-12)18-14-9-5-8-13(16)10-14/h2-11H,1H3. The van der Waals surface area contributed by atoms with Crippen LogP contribution in [0.25, 0.3) is 0 Å². The average molecular weight is 352 g/mol. The first-order valence-electron chi connectivity index (χ1n) is 5.68. The molecule has 1 unspecified atom stereocenters. The lowest BCUT2D eigenvalue weighted by atomic mass is 10.1. The topological polar surface area (TPSA) is 26.3 Å². The number of Topliss-reactive ketones (excluding diaryl/α,β-unsaturated/α-hetero) is 1. The summed E-state index contributed by atoms with van der Waals surface area (Å²) < 4.78 is 6.74. The molecule has 0 amide bonds. The Kier molecular flexibility index (Phi) is 4.36. The summed E-state index contributed by atoms with van der Waals surface area (Å²) >= 11 is 2.22. The molecule has 0 saturated heterocycles. The quantitative estimate of drug-likeness (QED) is 0.616. The Balaban J connectivity index is 2.09. The van der Waals surface area contributed by atoms with E-state index < -0.39 is 6.10 Å². The highest BCUT2D eigenvalue weighted by Gasteiger charge is 2.16. The van der Waals surface area contributed by atoms with E-state index in [9.17, 15) is 4.79 Å². The van der Waals surface area contributed by atoms with Crippen molar-refractivity contribution >= 4 is 28.4 Å². The molecular formula is C15H13IO2. The summed E-state index contributed by atoms with van der Waals surface area (Å²) in [4.78, 5) is 12.1. The summed E-state index contributed by atoms with van der Waals surface area (Å²) in [6, 6.07) is 16.9. The van der Waals surface area contributed by atoms with Gasteiger partial charge in [0.15, 0.2) is 6.10 Å². The van der Waals surface area contributed by atoms with Crippen molar-refractivity contribution in [1.82, 2.24) is 0 Å². The second-order valence-corrected chi connectivity index (χ2v) is 5.19. The van der Waals surface area contributed by atoms with E-state index in [0.29, 0.717) is 5.56 Å². The summed E-state index contributed by atoms with van der Waals surface area (Å²) in [5.41, 5.74) is 0.677. The third kappa shape index (κ3) is 3.32. The van der Waals surface area contributed by atoms with E-state index in [-0.39, 0.29) is 5.78 Å². The zero-order valence-corrected chi connectivity index (χ0v) is 12.1. The highest BCUT2D eigenvalue weighted by Crippen LogP contribution is 2.17. The highest BCUT2D eigenvalue weighted by molar-refractivity contribution is 14.1. The highest BCUT2D eigenvalue weighted by atomic mass is 127. The maximum Gasteiger partial charge on any atom is 0.202 e. The number of ether oxygens (including phenoxy) is 1. The average Bonchev–Trinajstić information content (AvgIpc) is 2.39. The molecule has 0 aliphatic carbocycles. The summed E-state index contributed by atoms with van der Waals surface area (Å²) in [6.45, 7) is 1.77. The van der Waals surface area contributed by atoms with Crippen molar-refractivity contribution in [2.75, 3.05) is 0 Å². The molecule has 0 radical (unpaired) electrons. The number of ketones is 1. The maximum absolute atomic E-state index is 12.1. The van der Waals surface area contributed by atoms with Gasteiger partial charge >= 0.3 is 0 Å². The van der Waals surface area contributed by atoms with E-state index in [4.69, 9.17) is 4.74 Å². The van der Waals surface area contributed by atoms with Crippen LogP contribution in [0.2, 0.25) is 0 Å². The molecular weight excluding hydrogens is 339 g/mol. The number of carbonyl (C=O) groups is 1. The molecule has 0 bridgehead atoms. The first kappa shape index (κ1) is 13.1.